The topological polar surface area (TPSA) is 29.1 Å². The van der Waals surface area contributed by atoms with Crippen molar-refractivity contribution < 1.29 is 4.79 Å². The van der Waals surface area contributed by atoms with Crippen LogP contribution in [-0.2, 0) is 4.79 Å². The largest absolute Gasteiger partial charge is 0.373 e. The first-order valence-electron chi connectivity index (χ1n) is 3.89. The lowest BCUT2D eigenvalue weighted by molar-refractivity contribution is -0.115. The Morgan fingerprint density at radius 2 is 2.00 bits per heavy atom. The second-order valence-electron chi connectivity index (χ2n) is 2.31. The van der Waals surface area contributed by atoms with Crippen molar-refractivity contribution in [1.29, 1.82) is 0 Å². The van der Waals surface area contributed by atoms with Crippen LogP contribution in [0.1, 0.15) is 27.2 Å². The van der Waals surface area contributed by atoms with Crippen molar-refractivity contribution in [3.05, 3.63) is 12.7 Å². The van der Waals surface area contributed by atoms with E-state index >= 15 is 0 Å². The van der Waals surface area contributed by atoms with Gasteiger partial charge in [-0.1, -0.05) is 25.2 Å². The third-order valence-corrected chi connectivity index (χ3v) is 1.02. The number of carbonyl (C=O) groups excluding carboxylic acids is 1. The molecule has 0 unspecified atom stereocenters. The summed E-state index contributed by atoms with van der Waals surface area (Å²) in [6.07, 6.45) is 2.96. The van der Waals surface area contributed by atoms with Crippen molar-refractivity contribution in [2.45, 2.75) is 27.2 Å². The van der Waals surface area contributed by atoms with Gasteiger partial charge in [-0.05, 0) is 20.3 Å². The van der Waals surface area contributed by atoms with E-state index in [1.54, 1.807) is 6.92 Å². The number of Topliss-reactive ketones (excluding diaryl/α,β-unsaturated/α-hetero) is 1. The molecule has 0 radical (unpaired) electrons. The summed E-state index contributed by atoms with van der Waals surface area (Å²) in [7, 11) is 0. The van der Waals surface area contributed by atoms with Crippen molar-refractivity contribution in [3.8, 4) is 0 Å². The Labute approximate surface area is 80.0 Å². The molecule has 70 valence electrons. The van der Waals surface area contributed by atoms with Crippen LogP contribution in [0.15, 0.2) is 12.7 Å². The lowest BCUT2D eigenvalue weighted by Gasteiger charge is -1.96. The van der Waals surface area contributed by atoms with Crippen molar-refractivity contribution in [2.24, 2.45) is 0 Å². The van der Waals surface area contributed by atoms with Crippen LogP contribution in [-0.4, -0.2) is 17.3 Å². The van der Waals surface area contributed by atoms with Crippen LogP contribution in [0.4, 0.5) is 0 Å². The fourth-order valence-electron chi connectivity index (χ4n) is 0.249. The highest BCUT2D eigenvalue weighted by Crippen LogP contribution is 1.67. The molecule has 0 aromatic heterocycles. The monoisotopic (exact) mass is 187 g/mol. The standard InChI is InChI=1S/C5H9NOS.C4H8/c1-4(7)3-6-5(2)8;1-3-4-2/h3H2,1-2H3,(H,6,8);3H,1,4H2,2H3. The van der Waals surface area contributed by atoms with E-state index in [1.165, 1.54) is 6.92 Å². The Balaban J connectivity index is 0. The van der Waals surface area contributed by atoms with Gasteiger partial charge in [0.25, 0.3) is 0 Å². The van der Waals surface area contributed by atoms with Gasteiger partial charge >= 0.3 is 0 Å². The lowest BCUT2D eigenvalue weighted by Crippen LogP contribution is -2.23. The van der Waals surface area contributed by atoms with Crippen LogP contribution in [0.2, 0.25) is 0 Å². The van der Waals surface area contributed by atoms with Gasteiger partial charge in [-0.25, -0.2) is 0 Å². The summed E-state index contributed by atoms with van der Waals surface area (Å²) in [5.41, 5.74) is 0. The summed E-state index contributed by atoms with van der Waals surface area (Å²) in [6, 6.07) is 0. The van der Waals surface area contributed by atoms with Crippen LogP contribution < -0.4 is 5.32 Å². The Morgan fingerprint density at radius 1 is 1.58 bits per heavy atom. The van der Waals surface area contributed by atoms with Gasteiger partial charge in [-0.2, -0.15) is 0 Å². The van der Waals surface area contributed by atoms with Crippen LogP contribution in [0.3, 0.4) is 0 Å². The molecule has 0 spiro atoms. The SMILES string of the molecule is C=CCC.CC(=O)CNC(C)=S. The van der Waals surface area contributed by atoms with E-state index in [1.807, 2.05) is 6.08 Å². The minimum atomic E-state index is 0.106. The molecule has 3 heteroatoms. The highest BCUT2D eigenvalue weighted by Gasteiger charge is 1.89. The highest BCUT2D eigenvalue weighted by atomic mass is 32.1. The van der Waals surface area contributed by atoms with Crippen molar-refractivity contribution in [2.75, 3.05) is 6.54 Å². The van der Waals surface area contributed by atoms with E-state index in [9.17, 15) is 4.79 Å². The minimum Gasteiger partial charge on any atom is -0.373 e. The van der Waals surface area contributed by atoms with E-state index in [0.29, 0.717) is 11.5 Å². The number of nitrogens with one attached hydrogen (secondary N) is 1. The molecule has 0 heterocycles. The molecule has 0 saturated heterocycles. The van der Waals surface area contributed by atoms with Crippen molar-refractivity contribution >= 4 is 23.0 Å². The molecule has 0 aliphatic rings. The van der Waals surface area contributed by atoms with E-state index in [0.717, 1.165) is 6.42 Å². The van der Waals surface area contributed by atoms with Crippen LogP contribution in [0.25, 0.3) is 0 Å². The molecule has 0 saturated carbocycles. The normalized spacial score (nSPS) is 7.58. The summed E-state index contributed by atoms with van der Waals surface area (Å²) < 4.78 is 0. The summed E-state index contributed by atoms with van der Waals surface area (Å²) in [5, 5.41) is 2.73. The molecule has 12 heavy (non-hydrogen) atoms. The number of thiocarbonyl (C=S) groups is 1. The molecule has 0 rings (SSSR count). The van der Waals surface area contributed by atoms with E-state index < -0.39 is 0 Å². The number of hydrogen-bond donors (Lipinski definition) is 1. The predicted molar refractivity (Wildman–Crippen MR) is 57.4 cm³/mol. The summed E-state index contributed by atoms with van der Waals surface area (Å²) in [6.45, 7) is 9.17. The maximum atomic E-state index is 10.2. The summed E-state index contributed by atoms with van der Waals surface area (Å²) in [5.74, 6) is 0.106. The first-order valence-corrected chi connectivity index (χ1v) is 4.30. The molecule has 2 nitrogen and oxygen atoms in total. The van der Waals surface area contributed by atoms with Gasteiger partial charge in [0.1, 0.15) is 5.78 Å². The second kappa shape index (κ2) is 10.3. The van der Waals surface area contributed by atoms with Crippen molar-refractivity contribution in [3.63, 3.8) is 0 Å². The fourth-order valence-corrected chi connectivity index (χ4v) is 0.321. The highest BCUT2D eigenvalue weighted by molar-refractivity contribution is 7.80. The average Bonchev–Trinajstić information content (AvgIpc) is 2.01. The molecule has 0 aromatic rings. The third kappa shape index (κ3) is 22.8. The molecule has 0 amide bonds. The van der Waals surface area contributed by atoms with Crippen LogP contribution in [0, 0.1) is 0 Å². The van der Waals surface area contributed by atoms with E-state index in [-0.39, 0.29) is 5.78 Å². The molecule has 0 fully saturated rings. The molecule has 1 N–H and O–H groups in total. The quantitative estimate of drug-likeness (QED) is 0.542. The first-order chi connectivity index (χ1) is 5.54. The summed E-state index contributed by atoms with van der Waals surface area (Å²) >= 11 is 4.65. The Bertz CT molecular complexity index is 141. The summed E-state index contributed by atoms with van der Waals surface area (Å²) in [4.78, 5) is 10.9. The van der Waals surface area contributed by atoms with Crippen LogP contribution in [0.5, 0.6) is 0 Å². The Morgan fingerprint density at radius 3 is 2.08 bits per heavy atom. The number of ketones is 1. The number of allylic oxidation sites excluding steroid dienone is 1. The maximum absolute atomic E-state index is 10.2. The molecular formula is C9H17NOS. The number of carbonyl (C=O) groups is 1. The lowest BCUT2D eigenvalue weighted by atomic mass is 10.4. The van der Waals surface area contributed by atoms with Gasteiger partial charge in [-0.15, -0.1) is 6.58 Å². The number of hydrogen-bond acceptors (Lipinski definition) is 2. The predicted octanol–water partition coefficient (Wildman–Crippen LogP) is 2.09. The Kier molecular flexibility index (Phi) is 11.9. The van der Waals surface area contributed by atoms with E-state index in [4.69, 9.17) is 0 Å². The molecular weight excluding hydrogens is 170 g/mol. The molecule has 0 aliphatic heterocycles. The smallest absolute Gasteiger partial charge is 0.148 e. The maximum Gasteiger partial charge on any atom is 0.148 e. The second-order valence-corrected chi connectivity index (χ2v) is 2.92. The van der Waals surface area contributed by atoms with Gasteiger partial charge in [0.15, 0.2) is 0 Å². The first kappa shape index (κ1) is 13.9. The molecule has 0 aromatic carbocycles. The van der Waals surface area contributed by atoms with Gasteiger partial charge < -0.3 is 5.32 Å². The third-order valence-electron chi connectivity index (χ3n) is 0.875. The fraction of sp³-hybridized carbons (Fsp3) is 0.556. The zero-order valence-electron chi connectivity index (χ0n) is 8.02. The molecule has 0 atom stereocenters. The number of rotatable bonds is 3. The minimum absolute atomic E-state index is 0.106. The van der Waals surface area contributed by atoms with Gasteiger partial charge in [-0.3, -0.25) is 4.79 Å². The molecule has 0 aliphatic carbocycles. The Hall–Kier alpha value is -0.700. The van der Waals surface area contributed by atoms with Gasteiger partial charge in [0, 0.05) is 0 Å². The zero-order valence-corrected chi connectivity index (χ0v) is 8.83. The van der Waals surface area contributed by atoms with Crippen LogP contribution >= 0.6 is 12.2 Å². The molecule has 0 bridgehead atoms. The van der Waals surface area contributed by atoms with E-state index in [2.05, 4.69) is 31.0 Å². The van der Waals surface area contributed by atoms with Crippen molar-refractivity contribution in [1.82, 2.24) is 5.32 Å². The van der Waals surface area contributed by atoms with Gasteiger partial charge in [0.2, 0.25) is 0 Å². The average molecular weight is 187 g/mol. The zero-order chi connectivity index (χ0) is 9.98. The van der Waals surface area contributed by atoms with Gasteiger partial charge in [0.05, 0.1) is 11.5 Å².